The normalized spacial score (nSPS) is 10.6. The summed E-state index contributed by atoms with van der Waals surface area (Å²) in [5.74, 6) is -2.73. The van der Waals surface area contributed by atoms with Gasteiger partial charge in [-0.25, -0.2) is 0 Å². The molecule has 0 unspecified atom stereocenters. The number of carbonyl (C=O) groups excluding carboxylic acids is 3. The average Bonchev–Trinajstić information content (AvgIpc) is 3.42. The summed E-state index contributed by atoms with van der Waals surface area (Å²) in [5.41, 5.74) is 0. The van der Waals surface area contributed by atoms with Gasteiger partial charge in [0.05, 0.1) is 0 Å². The fourth-order valence-electron chi connectivity index (χ4n) is 9.60. The van der Waals surface area contributed by atoms with E-state index in [4.69, 9.17) is 0 Å². The molecule has 0 aliphatic carbocycles. The standard InChI is InChI=1S/C18H37.3C12H24O2.2C8H17.2Sn/c1-3-5-7-9-11-13-15-17-18-16-14-12-10-8-6-4-2;3*1-2-3-4-5-6-7-8-9-10-11-12(13)14;2*1-3-5-7-8-6-4-2;;/h1,3-18H2,2H3;3*2-11H2,1H3,(H,13,14);2*1,3-8H2,2H3;;/q;;;;;;+2;+3/p-3. The minimum atomic E-state index is -0.909. The van der Waals surface area contributed by atoms with Crippen molar-refractivity contribution in [1.82, 2.24) is 0 Å². The van der Waals surface area contributed by atoms with E-state index in [2.05, 4.69) is 41.5 Å². The van der Waals surface area contributed by atoms with Crippen molar-refractivity contribution in [3.63, 3.8) is 0 Å². The number of aliphatic carboxylic acids is 3. The Morgan fingerprint density at radius 3 is 0.526 bits per heavy atom. The van der Waals surface area contributed by atoms with E-state index in [0.717, 1.165) is 38.5 Å². The van der Waals surface area contributed by atoms with Crippen LogP contribution in [0.15, 0.2) is 0 Å². The number of carboxylic acids is 3. The number of rotatable bonds is 60. The number of unbranched alkanes of at least 4 members (excludes halogenated alkanes) is 49. The van der Waals surface area contributed by atoms with Gasteiger partial charge in [0.15, 0.2) is 0 Å². The second kappa shape index (κ2) is 88.2. The second-order valence-electron chi connectivity index (χ2n) is 23.2. The topological polar surface area (TPSA) is 120 Å². The zero-order valence-electron chi connectivity index (χ0n) is 54.1. The Morgan fingerprint density at radius 2 is 0.372 bits per heavy atom. The average molecular weight is 1320 g/mol. The van der Waals surface area contributed by atoms with E-state index in [1.54, 1.807) is 44.2 Å². The van der Waals surface area contributed by atoms with Crippen molar-refractivity contribution in [2.24, 2.45) is 0 Å². The van der Waals surface area contributed by atoms with Crippen molar-refractivity contribution in [2.75, 3.05) is 0 Å². The fraction of sp³-hybridized carbons (Fsp3) is 0.957. The Morgan fingerprint density at radius 1 is 0.231 bits per heavy atom. The van der Waals surface area contributed by atoms with Crippen molar-refractivity contribution >= 4 is 61.6 Å². The first-order valence-corrected chi connectivity index (χ1v) is 41.1. The summed E-state index contributed by atoms with van der Waals surface area (Å²) in [5, 5.41) is 30.3. The Bertz CT molecular complexity index is 937. The number of carboxylic acid groups (broad SMARTS) is 3. The maximum absolute atomic E-state index is 10.1. The van der Waals surface area contributed by atoms with Crippen LogP contribution in [0, 0.1) is 0 Å². The zero-order valence-corrected chi connectivity index (χ0v) is 59.8. The molecule has 0 saturated heterocycles. The van der Waals surface area contributed by atoms with Crippen molar-refractivity contribution in [3.05, 3.63) is 0 Å². The first kappa shape index (κ1) is 86.8. The van der Waals surface area contributed by atoms with Gasteiger partial charge < -0.3 is 29.7 Å². The molecule has 0 spiro atoms. The first-order valence-electron chi connectivity index (χ1n) is 35.1. The SMILES string of the molecule is CCCCCCCCCCCC(=O)[O-].CCCCCCCCCCCC(=O)[O-].CCCCCCCCCCCC(=O)[O-].CCCCCCCCCCCCCCCCC[CH2][Sn+3].CCCCCCC[CH2][Sn+2][CH2]CCCCCCC. The summed E-state index contributed by atoms with van der Waals surface area (Å²) >= 11 is 1.80. The molecule has 0 amide bonds. The Kier molecular flexibility index (Phi) is 98.2. The van der Waals surface area contributed by atoms with Gasteiger partial charge in [0.25, 0.3) is 0 Å². The third-order valence-corrected chi connectivity index (χ3v) is 19.9. The summed E-state index contributed by atoms with van der Waals surface area (Å²) in [7, 11) is 0. The van der Waals surface area contributed by atoms with Crippen LogP contribution < -0.4 is 15.3 Å². The summed E-state index contributed by atoms with van der Waals surface area (Å²) in [6.45, 7) is 13.6. The van der Waals surface area contributed by atoms with E-state index in [-0.39, 0.29) is 40.4 Å². The minimum absolute atomic E-state index is 0.0736. The van der Waals surface area contributed by atoms with E-state index >= 15 is 0 Å². The molecule has 0 radical (unpaired) electrons. The van der Waals surface area contributed by atoms with Gasteiger partial charge in [0.1, 0.15) is 0 Å². The molecule has 0 bridgehead atoms. The van der Waals surface area contributed by atoms with Crippen LogP contribution >= 0.6 is 0 Å². The molecule has 0 fully saturated rings. The van der Waals surface area contributed by atoms with Gasteiger partial charge in [-0.15, -0.1) is 0 Å². The van der Waals surface area contributed by atoms with Crippen LogP contribution in [0.25, 0.3) is 0 Å². The Balaban J connectivity index is -0.000000286. The second-order valence-corrected chi connectivity index (χ2v) is 28.9. The third kappa shape index (κ3) is 108. The van der Waals surface area contributed by atoms with Gasteiger partial charge in [-0.05, 0) is 38.5 Å². The van der Waals surface area contributed by atoms with Crippen LogP contribution in [0.3, 0.4) is 0 Å². The van der Waals surface area contributed by atoms with E-state index in [9.17, 15) is 29.7 Å². The predicted molar refractivity (Wildman–Crippen MR) is 343 cm³/mol. The van der Waals surface area contributed by atoms with E-state index < -0.39 is 17.9 Å². The molecule has 0 N–H and O–H groups in total. The molecule has 8 heteroatoms. The van der Waals surface area contributed by atoms with Crippen LogP contribution in [0.4, 0.5) is 0 Å². The first-order chi connectivity index (χ1) is 38.1. The summed E-state index contributed by atoms with van der Waals surface area (Å²) in [6, 6.07) is 0. The molecule has 0 aromatic rings. The molecule has 0 heterocycles. The summed E-state index contributed by atoms with van der Waals surface area (Å²) in [4.78, 5) is 30.3. The van der Waals surface area contributed by atoms with Crippen molar-refractivity contribution in [3.8, 4) is 0 Å². The molecule has 0 saturated carbocycles. The maximum atomic E-state index is 10.1. The predicted octanol–water partition coefficient (Wildman–Crippen LogP) is 21.1. The van der Waals surface area contributed by atoms with Crippen LogP contribution in [-0.4, -0.2) is 61.6 Å². The van der Waals surface area contributed by atoms with Crippen molar-refractivity contribution in [2.45, 2.75) is 427 Å². The summed E-state index contributed by atoms with van der Waals surface area (Å²) in [6.07, 6.45) is 75.0. The molecule has 0 aliphatic heterocycles. The fourth-order valence-corrected chi connectivity index (χ4v) is 13.9. The van der Waals surface area contributed by atoms with Crippen molar-refractivity contribution < 1.29 is 29.7 Å². The van der Waals surface area contributed by atoms with E-state index in [1.165, 1.54) is 306 Å². The molecule has 0 atom stereocenters. The monoisotopic (exact) mass is 1320 g/mol. The van der Waals surface area contributed by atoms with Crippen molar-refractivity contribution in [1.29, 1.82) is 0 Å². The molecule has 0 aromatic heterocycles. The number of hydrogen-bond donors (Lipinski definition) is 0. The van der Waals surface area contributed by atoms with Crippen LogP contribution in [0.5, 0.6) is 0 Å². The molecule has 0 aromatic carbocycles. The Labute approximate surface area is 514 Å². The number of hydrogen-bond acceptors (Lipinski definition) is 6. The molecule has 0 rings (SSSR count). The third-order valence-electron chi connectivity index (χ3n) is 14.9. The molecule has 462 valence electrons. The quantitative estimate of drug-likeness (QED) is 0.0442. The molecule has 6 nitrogen and oxygen atoms in total. The Hall–Kier alpha value is 0.00740. The zero-order chi connectivity index (χ0) is 58.6. The van der Waals surface area contributed by atoms with Gasteiger partial charge in [0, 0.05) is 17.9 Å². The molecule has 78 heavy (non-hydrogen) atoms. The van der Waals surface area contributed by atoms with Crippen LogP contribution in [0.2, 0.25) is 13.3 Å². The van der Waals surface area contributed by atoms with Gasteiger partial charge in [-0.3, -0.25) is 0 Å². The van der Waals surface area contributed by atoms with Gasteiger partial charge in [-0.1, -0.05) is 214 Å². The van der Waals surface area contributed by atoms with Gasteiger partial charge in [-0.2, -0.15) is 0 Å². The van der Waals surface area contributed by atoms with Gasteiger partial charge in [0.2, 0.25) is 0 Å². The molecule has 0 aliphatic rings. The van der Waals surface area contributed by atoms with Crippen LogP contribution in [0.1, 0.15) is 414 Å². The molecular formula is C70H140O6Sn2+2. The molecular weight excluding hydrogens is 1170 g/mol. The summed E-state index contributed by atoms with van der Waals surface area (Å²) < 4.78 is 4.78. The number of carbonyl (C=O) groups is 3. The van der Waals surface area contributed by atoms with Gasteiger partial charge >= 0.3 is 219 Å². The van der Waals surface area contributed by atoms with E-state index in [1.807, 2.05) is 0 Å². The van der Waals surface area contributed by atoms with E-state index in [0.29, 0.717) is 0 Å². The van der Waals surface area contributed by atoms with Crippen LogP contribution in [-0.2, 0) is 14.4 Å².